The predicted octanol–water partition coefficient (Wildman–Crippen LogP) is 4.85. The number of carbonyl (C=O) groups excluding carboxylic acids is 4. The van der Waals surface area contributed by atoms with Gasteiger partial charge in [0.15, 0.2) is 21.2 Å². The number of benzene rings is 1. The molecule has 4 aliphatic heterocycles. The van der Waals surface area contributed by atoms with Crippen LogP contribution in [0.2, 0.25) is 0 Å². The molecule has 0 bridgehead atoms. The van der Waals surface area contributed by atoms with Gasteiger partial charge in [0.05, 0.1) is 29.4 Å². The number of aromatic nitrogens is 5. The Labute approximate surface area is 364 Å². The van der Waals surface area contributed by atoms with Crippen LogP contribution in [0.15, 0.2) is 42.9 Å². The van der Waals surface area contributed by atoms with Crippen molar-refractivity contribution in [2.75, 3.05) is 79.0 Å². The van der Waals surface area contributed by atoms with Gasteiger partial charge in [0.1, 0.15) is 11.4 Å². The van der Waals surface area contributed by atoms with Crippen molar-refractivity contribution < 1.29 is 36.4 Å². The lowest BCUT2D eigenvalue weighted by Gasteiger charge is -2.47. The number of alkyl halides is 2. The summed E-state index contributed by atoms with van der Waals surface area (Å²) >= 11 is 0. The number of aryl methyl sites for hydroxylation is 1. The molecule has 0 unspecified atom stereocenters. The maximum absolute atomic E-state index is 14.3. The minimum absolute atomic E-state index is 0.00945. The number of carbonyl (C=O) groups is 4. The number of hydrogen-bond donors (Lipinski definition) is 2. The van der Waals surface area contributed by atoms with E-state index in [2.05, 4.69) is 30.7 Å². The summed E-state index contributed by atoms with van der Waals surface area (Å²) in [4.78, 5) is 63.7. The number of piperidine rings is 2. The number of fused-ring (bicyclic) bond motifs is 1. The highest BCUT2D eigenvalue weighted by Gasteiger charge is 2.40. The second kappa shape index (κ2) is 17.2. The van der Waals surface area contributed by atoms with Crippen molar-refractivity contribution in [2.24, 2.45) is 11.3 Å². The number of nitrogens with zero attached hydrogens (tertiary/aromatic N) is 9. The lowest BCUT2D eigenvalue weighted by molar-refractivity contribution is -0.120. The normalized spacial score (nSPS) is 21.4. The Morgan fingerprint density at radius 1 is 0.952 bits per heavy atom. The second-order valence-electron chi connectivity index (χ2n) is 17.9. The minimum Gasteiger partial charge on any atom is -0.354 e. The standard InChI is InChI=1S/C43H53F2N11O6S/c1-28-2-3-30(24-34(28)54-16-9-36(57)49-42(54)60)41(59)53-18-12-43(13-19-53)10-4-29(5-11-43)26-51-14-6-31(7-15-51)56-27-33(37(50-56)38(44)45)47-40(58)32-25-46-55-17-8-35(48-39(32)55)52-20-22-63(61,62)23-21-52/h2-3,8,17,24-25,27,29,31,38H,4-7,9-16,18-23,26H2,1H3,(H,47,58)(H,49,57,60). The summed E-state index contributed by atoms with van der Waals surface area (Å²) < 4.78 is 55.4. The van der Waals surface area contributed by atoms with Crippen LogP contribution in [0.5, 0.6) is 0 Å². The highest BCUT2D eigenvalue weighted by atomic mass is 32.2. The summed E-state index contributed by atoms with van der Waals surface area (Å²) in [6.45, 7) is 6.73. The summed E-state index contributed by atoms with van der Waals surface area (Å²) in [6.07, 6.45) is 9.69. The summed E-state index contributed by atoms with van der Waals surface area (Å²) in [5.41, 5.74) is 2.05. The van der Waals surface area contributed by atoms with Crippen molar-refractivity contribution in [3.8, 4) is 0 Å². The first-order chi connectivity index (χ1) is 30.2. The Morgan fingerprint density at radius 2 is 1.68 bits per heavy atom. The molecule has 3 aromatic heterocycles. The molecule has 0 radical (unpaired) electrons. The van der Waals surface area contributed by atoms with Gasteiger partial charge in [-0.05, 0) is 93.4 Å². The smallest absolute Gasteiger partial charge is 0.328 e. The third kappa shape index (κ3) is 9.01. The highest BCUT2D eigenvalue weighted by Crippen LogP contribution is 2.47. The zero-order valence-corrected chi connectivity index (χ0v) is 36.2. The quantitative estimate of drug-likeness (QED) is 0.234. The first-order valence-electron chi connectivity index (χ1n) is 22.0. The van der Waals surface area contributed by atoms with Gasteiger partial charge < -0.3 is 20.0 Å². The van der Waals surface area contributed by atoms with Crippen LogP contribution in [-0.4, -0.2) is 130 Å². The molecule has 7 heterocycles. The minimum atomic E-state index is -3.10. The Bertz CT molecular complexity index is 2510. The lowest BCUT2D eigenvalue weighted by atomic mass is 9.65. The predicted molar refractivity (Wildman–Crippen MR) is 230 cm³/mol. The third-order valence-electron chi connectivity index (χ3n) is 14.0. The van der Waals surface area contributed by atoms with E-state index in [0.29, 0.717) is 36.1 Å². The van der Waals surface area contributed by atoms with Crippen LogP contribution < -0.4 is 20.4 Å². The van der Waals surface area contributed by atoms with E-state index in [4.69, 9.17) is 0 Å². The average molecular weight is 890 g/mol. The molecule has 1 aromatic carbocycles. The number of imide groups is 1. The SMILES string of the molecule is Cc1ccc(C(=O)N2CCC3(CCC(CN4CCC(n5cc(NC(=O)c6cnn7ccc(N8CCS(=O)(=O)CC8)nc67)c(C(F)F)n5)CC4)CC3)CC2)cc1N1CCC(=O)NC1=O. The number of nitrogens with one attached hydrogen (secondary N) is 2. The molecule has 4 aromatic rings. The van der Waals surface area contributed by atoms with E-state index < -0.39 is 33.9 Å². The molecular weight excluding hydrogens is 837 g/mol. The molecule has 63 heavy (non-hydrogen) atoms. The average Bonchev–Trinajstić information content (AvgIpc) is 3.90. The molecule has 20 heteroatoms. The summed E-state index contributed by atoms with van der Waals surface area (Å²) in [6, 6.07) is 6.58. The molecule has 0 atom stereocenters. The monoisotopic (exact) mass is 889 g/mol. The second-order valence-corrected chi connectivity index (χ2v) is 20.2. The van der Waals surface area contributed by atoms with E-state index in [1.165, 1.54) is 21.8 Å². The maximum Gasteiger partial charge on any atom is 0.328 e. The van der Waals surface area contributed by atoms with Crippen LogP contribution in [-0.2, 0) is 14.6 Å². The number of amides is 5. The van der Waals surface area contributed by atoms with Gasteiger partial charge in [-0.3, -0.25) is 29.3 Å². The van der Waals surface area contributed by atoms with Crippen LogP contribution in [0, 0.1) is 18.3 Å². The largest absolute Gasteiger partial charge is 0.354 e. The lowest BCUT2D eigenvalue weighted by Crippen LogP contribution is -2.50. The van der Waals surface area contributed by atoms with E-state index in [1.54, 1.807) is 23.0 Å². The van der Waals surface area contributed by atoms with Gasteiger partial charge >= 0.3 is 6.03 Å². The number of urea groups is 1. The fourth-order valence-electron chi connectivity index (χ4n) is 10.1. The summed E-state index contributed by atoms with van der Waals surface area (Å²) in [5, 5.41) is 13.5. The summed E-state index contributed by atoms with van der Waals surface area (Å²) in [7, 11) is -3.10. The van der Waals surface area contributed by atoms with E-state index in [-0.39, 0.29) is 77.7 Å². The fourth-order valence-corrected chi connectivity index (χ4v) is 11.3. The number of hydrogen-bond acceptors (Lipinski definition) is 11. The van der Waals surface area contributed by atoms with Crippen molar-refractivity contribution >= 4 is 56.4 Å². The zero-order valence-electron chi connectivity index (χ0n) is 35.3. The molecule has 1 spiro atoms. The van der Waals surface area contributed by atoms with E-state index in [9.17, 15) is 36.4 Å². The molecule has 1 saturated carbocycles. The molecule has 9 rings (SSSR count). The topological polar surface area (TPSA) is 187 Å². The van der Waals surface area contributed by atoms with E-state index in [1.807, 2.05) is 28.9 Å². The van der Waals surface area contributed by atoms with Gasteiger partial charge in [-0.1, -0.05) is 6.07 Å². The summed E-state index contributed by atoms with van der Waals surface area (Å²) in [5.74, 6) is 0.105. The molecule has 4 saturated heterocycles. The number of likely N-dealkylation sites (tertiary alicyclic amines) is 2. The van der Waals surface area contributed by atoms with Crippen molar-refractivity contribution in [3.63, 3.8) is 0 Å². The number of anilines is 3. The van der Waals surface area contributed by atoms with Crippen molar-refractivity contribution in [2.45, 2.75) is 77.2 Å². The molecule has 5 aliphatic rings. The zero-order chi connectivity index (χ0) is 44.0. The van der Waals surface area contributed by atoms with Crippen LogP contribution in [0.1, 0.15) is 102 Å². The Morgan fingerprint density at radius 3 is 2.38 bits per heavy atom. The van der Waals surface area contributed by atoms with Crippen LogP contribution in [0.25, 0.3) is 5.65 Å². The van der Waals surface area contributed by atoms with Gasteiger partial charge in [-0.25, -0.2) is 31.5 Å². The molecular formula is C43H53F2N11O6S. The van der Waals surface area contributed by atoms with Crippen LogP contribution >= 0.6 is 0 Å². The molecule has 336 valence electrons. The van der Waals surface area contributed by atoms with Crippen LogP contribution in [0.4, 0.5) is 30.8 Å². The highest BCUT2D eigenvalue weighted by molar-refractivity contribution is 7.91. The number of sulfone groups is 1. The van der Waals surface area contributed by atoms with Gasteiger partial charge in [0.25, 0.3) is 18.2 Å². The Kier molecular flexibility index (Phi) is 11.7. The molecule has 2 N–H and O–H groups in total. The third-order valence-corrected chi connectivity index (χ3v) is 15.6. The van der Waals surface area contributed by atoms with Crippen molar-refractivity contribution in [3.05, 3.63) is 65.2 Å². The van der Waals surface area contributed by atoms with Gasteiger partial charge in [0.2, 0.25) is 5.91 Å². The van der Waals surface area contributed by atoms with E-state index >= 15 is 0 Å². The first kappa shape index (κ1) is 42.8. The molecule has 1 aliphatic carbocycles. The van der Waals surface area contributed by atoms with E-state index in [0.717, 1.165) is 76.6 Å². The number of rotatable bonds is 9. The maximum atomic E-state index is 14.3. The molecule has 17 nitrogen and oxygen atoms in total. The van der Waals surface area contributed by atoms with Crippen molar-refractivity contribution in [1.82, 2.24) is 39.5 Å². The Hall–Kier alpha value is -5.50. The van der Waals surface area contributed by atoms with Gasteiger partial charge in [-0.2, -0.15) is 10.2 Å². The molecule has 5 fully saturated rings. The first-order valence-corrected chi connectivity index (χ1v) is 23.8. The fraction of sp³-hybridized carbons (Fsp3) is 0.558. The van der Waals surface area contributed by atoms with Gasteiger partial charge in [0, 0.05) is 82.4 Å². The van der Waals surface area contributed by atoms with Crippen molar-refractivity contribution in [1.29, 1.82) is 0 Å². The van der Waals surface area contributed by atoms with Crippen LogP contribution in [0.3, 0.4) is 0 Å². The van der Waals surface area contributed by atoms with Gasteiger partial charge in [-0.15, -0.1) is 0 Å². The molecule has 5 amide bonds. The Balaban J connectivity index is 0.751. The number of halogens is 2.